The molecule has 104 valence electrons. The van der Waals surface area contributed by atoms with E-state index >= 15 is 0 Å². The van der Waals surface area contributed by atoms with Crippen LogP contribution in [0.1, 0.15) is 10.4 Å². The zero-order valence-electron chi connectivity index (χ0n) is 11.7. The summed E-state index contributed by atoms with van der Waals surface area (Å²) in [6, 6.07) is 10.1. The van der Waals surface area contributed by atoms with Crippen LogP contribution in [0.4, 0.5) is 5.69 Å². The molecule has 0 radical (unpaired) electrons. The van der Waals surface area contributed by atoms with E-state index in [0.29, 0.717) is 17.0 Å². The van der Waals surface area contributed by atoms with Crippen molar-refractivity contribution < 1.29 is 9.53 Å². The highest BCUT2D eigenvalue weighted by molar-refractivity contribution is 6.05. The highest BCUT2D eigenvalue weighted by Crippen LogP contribution is 2.21. The van der Waals surface area contributed by atoms with Crippen molar-refractivity contribution in [3.63, 3.8) is 0 Å². The molecule has 5 nitrogen and oxygen atoms in total. The van der Waals surface area contributed by atoms with Crippen LogP contribution in [0.3, 0.4) is 0 Å². The molecule has 0 bridgehead atoms. The Morgan fingerprint density at radius 3 is 2.65 bits per heavy atom. The van der Waals surface area contributed by atoms with Crippen LogP contribution in [0.5, 0.6) is 5.75 Å². The number of methoxy groups -OCH3 is 1. The van der Waals surface area contributed by atoms with Crippen LogP contribution in [0.15, 0.2) is 47.4 Å². The number of carbonyl (C=O) groups is 1. The highest BCUT2D eigenvalue weighted by Gasteiger charge is 2.14. The molecule has 1 amide bonds. The van der Waals surface area contributed by atoms with Crippen LogP contribution in [0, 0.1) is 0 Å². The molecule has 0 aliphatic heterocycles. The van der Waals surface area contributed by atoms with Crippen LogP contribution in [-0.4, -0.2) is 24.6 Å². The van der Waals surface area contributed by atoms with Crippen LogP contribution < -0.4 is 15.2 Å². The van der Waals surface area contributed by atoms with E-state index in [0.717, 1.165) is 0 Å². The van der Waals surface area contributed by atoms with Gasteiger partial charge in [-0.3, -0.25) is 9.59 Å². The molecule has 0 aliphatic rings. The number of rotatable bonds is 3. The maximum absolute atomic E-state index is 12.3. The monoisotopic (exact) mass is 272 g/mol. The first kappa shape index (κ1) is 13.9. The molecule has 0 atom stereocenters. The van der Waals surface area contributed by atoms with Crippen molar-refractivity contribution in [2.24, 2.45) is 7.05 Å². The summed E-state index contributed by atoms with van der Waals surface area (Å²) >= 11 is 0. The minimum absolute atomic E-state index is 0.213. The molecule has 5 heteroatoms. The van der Waals surface area contributed by atoms with Crippen molar-refractivity contribution in [2.45, 2.75) is 0 Å². The Bertz CT molecular complexity index is 692. The first-order chi connectivity index (χ1) is 9.52. The maximum atomic E-state index is 12.3. The molecular formula is C15H16N2O3. The van der Waals surface area contributed by atoms with Gasteiger partial charge in [0.25, 0.3) is 11.5 Å². The Kier molecular flexibility index (Phi) is 3.89. The van der Waals surface area contributed by atoms with Gasteiger partial charge in [0.05, 0.1) is 7.11 Å². The van der Waals surface area contributed by atoms with E-state index in [2.05, 4.69) is 0 Å². The van der Waals surface area contributed by atoms with Crippen molar-refractivity contribution in [3.05, 3.63) is 58.5 Å². The second kappa shape index (κ2) is 5.61. The highest BCUT2D eigenvalue weighted by atomic mass is 16.5. The van der Waals surface area contributed by atoms with Gasteiger partial charge in [-0.05, 0) is 18.2 Å². The first-order valence-electron chi connectivity index (χ1n) is 6.11. The number of nitrogens with zero attached hydrogens (tertiary/aromatic N) is 2. The van der Waals surface area contributed by atoms with Crippen molar-refractivity contribution in [1.29, 1.82) is 0 Å². The van der Waals surface area contributed by atoms with Crippen molar-refractivity contribution in [3.8, 4) is 5.75 Å². The van der Waals surface area contributed by atoms with Gasteiger partial charge in [-0.25, -0.2) is 0 Å². The molecule has 20 heavy (non-hydrogen) atoms. The minimum atomic E-state index is -0.240. The number of carbonyl (C=O) groups excluding carboxylic acids is 1. The summed E-state index contributed by atoms with van der Waals surface area (Å²) < 4.78 is 6.55. The number of benzene rings is 1. The number of amides is 1. The largest absolute Gasteiger partial charge is 0.497 e. The van der Waals surface area contributed by atoms with Crippen LogP contribution in [0.25, 0.3) is 0 Å². The smallest absolute Gasteiger partial charge is 0.258 e. The normalized spacial score (nSPS) is 10.2. The summed E-state index contributed by atoms with van der Waals surface area (Å²) in [4.78, 5) is 25.4. The molecule has 2 aromatic rings. The lowest BCUT2D eigenvalue weighted by molar-refractivity contribution is 0.0992. The third-order valence-electron chi connectivity index (χ3n) is 3.10. The van der Waals surface area contributed by atoms with Gasteiger partial charge >= 0.3 is 0 Å². The Morgan fingerprint density at radius 1 is 1.25 bits per heavy atom. The lowest BCUT2D eigenvalue weighted by atomic mass is 10.2. The van der Waals surface area contributed by atoms with Crippen molar-refractivity contribution in [2.75, 3.05) is 19.1 Å². The molecule has 0 N–H and O–H groups in total. The van der Waals surface area contributed by atoms with E-state index in [1.807, 2.05) is 12.1 Å². The fourth-order valence-electron chi connectivity index (χ4n) is 1.81. The van der Waals surface area contributed by atoms with Gasteiger partial charge in [-0.15, -0.1) is 0 Å². The van der Waals surface area contributed by atoms with Gasteiger partial charge in [0, 0.05) is 43.7 Å². The lowest BCUT2D eigenvalue weighted by Gasteiger charge is -2.18. The number of aromatic nitrogens is 1. The van der Waals surface area contributed by atoms with Crippen LogP contribution >= 0.6 is 0 Å². The molecular weight excluding hydrogens is 256 g/mol. The molecule has 1 aromatic carbocycles. The number of hydrogen-bond donors (Lipinski definition) is 0. The van der Waals surface area contributed by atoms with E-state index in [4.69, 9.17) is 4.74 Å². The standard InChI is InChI=1S/C15H16N2O3/c1-16-8-7-11(9-14(16)18)15(19)17(2)12-5-4-6-13(10-12)20-3/h4-10H,1-3H3. The average molecular weight is 272 g/mol. The summed E-state index contributed by atoms with van der Waals surface area (Å²) in [6.07, 6.45) is 1.58. The zero-order valence-corrected chi connectivity index (χ0v) is 11.7. The molecule has 0 unspecified atom stereocenters. The molecule has 2 rings (SSSR count). The fourth-order valence-corrected chi connectivity index (χ4v) is 1.81. The Balaban J connectivity index is 2.31. The van der Waals surface area contributed by atoms with Crippen molar-refractivity contribution in [1.82, 2.24) is 4.57 Å². The molecule has 0 aliphatic carbocycles. The van der Waals surface area contributed by atoms with E-state index in [1.165, 1.54) is 15.5 Å². The number of aryl methyl sites for hydroxylation is 1. The Morgan fingerprint density at radius 2 is 2.00 bits per heavy atom. The van der Waals surface area contributed by atoms with E-state index < -0.39 is 0 Å². The van der Waals surface area contributed by atoms with Gasteiger partial charge in [0.2, 0.25) is 0 Å². The molecule has 0 spiro atoms. The van der Waals surface area contributed by atoms with Gasteiger partial charge < -0.3 is 14.2 Å². The topological polar surface area (TPSA) is 51.5 Å². The summed E-state index contributed by atoms with van der Waals surface area (Å²) in [5, 5.41) is 0. The number of hydrogen-bond acceptors (Lipinski definition) is 3. The predicted molar refractivity (Wildman–Crippen MR) is 77.4 cm³/mol. The quantitative estimate of drug-likeness (QED) is 0.854. The van der Waals surface area contributed by atoms with E-state index in [-0.39, 0.29) is 11.5 Å². The van der Waals surface area contributed by atoms with E-state index in [9.17, 15) is 9.59 Å². The molecule has 0 saturated carbocycles. The predicted octanol–water partition coefficient (Wildman–Crippen LogP) is 1.67. The molecule has 0 fully saturated rings. The number of pyridine rings is 1. The fraction of sp³-hybridized carbons (Fsp3) is 0.200. The molecule has 1 aromatic heterocycles. The van der Waals surface area contributed by atoms with Gasteiger partial charge in [0.15, 0.2) is 0 Å². The number of ether oxygens (including phenoxy) is 1. The number of anilines is 1. The second-order valence-corrected chi connectivity index (χ2v) is 4.43. The molecule has 0 saturated heterocycles. The lowest BCUT2D eigenvalue weighted by Crippen LogP contribution is -2.28. The van der Waals surface area contributed by atoms with Crippen molar-refractivity contribution >= 4 is 11.6 Å². The maximum Gasteiger partial charge on any atom is 0.258 e. The second-order valence-electron chi connectivity index (χ2n) is 4.43. The van der Waals surface area contributed by atoms with Crippen LogP contribution in [0.2, 0.25) is 0 Å². The zero-order chi connectivity index (χ0) is 14.7. The SMILES string of the molecule is COc1cccc(N(C)C(=O)c2ccn(C)c(=O)c2)c1. The summed E-state index contributed by atoms with van der Waals surface area (Å²) in [6.45, 7) is 0. The summed E-state index contributed by atoms with van der Waals surface area (Å²) in [7, 11) is 4.87. The average Bonchev–Trinajstić information content (AvgIpc) is 2.48. The first-order valence-corrected chi connectivity index (χ1v) is 6.11. The van der Waals surface area contributed by atoms with Gasteiger partial charge in [-0.1, -0.05) is 6.07 Å². The summed E-state index contributed by atoms with van der Waals surface area (Å²) in [5.41, 5.74) is 0.850. The van der Waals surface area contributed by atoms with Gasteiger partial charge in [-0.2, -0.15) is 0 Å². The summed E-state index contributed by atoms with van der Waals surface area (Å²) in [5.74, 6) is 0.432. The van der Waals surface area contributed by atoms with Crippen LogP contribution in [-0.2, 0) is 7.05 Å². The minimum Gasteiger partial charge on any atom is -0.497 e. The third kappa shape index (κ3) is 2.71. The Hall–Kier alpha value is -2.56. The third-order valence-corrected chi connectivity index (χ3v) is 3.10. The van der Waals surface area contributed by atoms with E-state index in [1.54, 1.807) is 45.6 Å². The van der Waals surface area contributed by atoms with Gasteiger partial charge in [0.1, 0.15) is 5.75 Å². The molecule has 1 heterocycles. The Labute approximate surface area is 117 Å².